The van der Waals surface area contributed by atoms with E-state index in [0.29, 0.717) is 25.6 Å². The Bertz CT molecular complexity index is 1990. The minimum Gasteiger partial charge on any atom is -0.361 e. The van der Waals surface area contributed by atoms with Crippen LogP contribution >= 0.6 is 0 Å². The summed E-state index contributed by atoms with van der Waals surface area (Å²) >= 11 is 0. The highest BCUT2D eigenvalue weighted by Crippen LogP contribution is 2.22. The average molecular weight is 775 g/mol. The molecular weight excluding hydrogens is 721 g/mol. The van der Waals surface area contributed by atoms with Gasteiger partial charge in [-0.2, -0.15) is 0 Å². The molecule has 13 heteroatoms. The third-order valence-corrected chi connectivity index (χ3v) is 11.5. The lowest BCUT2D eigenvalue weighted by molar-refractivity contribution is -0.133. The van der Waals surface area contributed by atoms with Crippen molar-refractivity contribution in [3.05, 3.63) is 108 Å². The van der Waals surface area contributed by atoms with Gasteiger partial charge < -0.3 is 41.4 Å². The van der Waals surface area contributed by atoms with E-state index < -0.39 is 53.8 Å². The summed E-state index contributed by atoms with van der Waals surface area (Å²) in [5, 5.41) is 15.6. The number of aromatic nitrogens is 1. The van der Waals surface area contributed by atoms with Crippen LogP contribution in [0.25, 0.3) is 10.9 Å². The Morgan fingerprint density at radius 1 is 0.667 bits per heavy atom. The van der Waals surface area contributed by atoms with E-state index in [2.05, 4.69) is 36.5 Å². The molecule has 1 aromatic heterocycles. The Balaban J connectivity index is 1.14. The van der Waals surface area contributed by atoms with E-state index in [1.807, 2.05) is 91.1 Å². The Kier molecular flexibility index (Phi) is 13.2. The number of hydrogen-bond acceptors (Lipinski definition) is 6. The van der Waals surface area contributed by atoms with Gasteiger partial charge in [0.25, 0.3) is 0 Å². The summed E-state index contributed by atoms with van der Waals surface area (Å²) in [6, 6.07) is 22.9. The second-order valence-corrected chi connectivity index (χ2v) is 15.6. The molecule has 0 saturated carbocycles. The van der Waals surface area contributed by atoms with Crippen molar-refractivity contribution in [2.45, 2.75) is 88.0 Å². The molecule has 3 saturated heterocycles. The number of fused-ring (bicyclic) bond motifs is 1. The van der Waals surface area contributed by atoms with Gasteiger partial charge in [-0.1, -0.05) is 85.3 Å². The number of carbonyl (C=O) groups excluding carboxylic acids is 5. The van der Waals surface area contributed by atoms with Crippen molar-refractivity contribution in [3.63, 3.8) is 0 Å². The maximum Gasteiger partial charge on any atom is 0.318 e. The van der Waals surface area contributed by atoms with Crippen LogP contribution in [-0.4, -0.2) is 107 Å². The lowest BCUT2D eigenvalue weighted by Gasteiger charge is -2.40. The summed E-state index contributed by atoms with van der Waals surface area (Å²) < 4.78 is 0. The third-order valence-electron chi connectivity index (χ3n) is 11.5. The van der Waals surface area contributed by atoms with E-state index in [1.54, 1.807) is 4.90 Å². The number of carbonyl (C=O) groups is 5. The van der Waals surface area contributed by atoms with E-state index in [-0.39, 0.29) is 25.8 Å². The fourth-order valence-electron chi connectivity index (χ4n) is 8.39. The highest BCUT2D eigenvalue weighted by molar-refractivity contribution is 5.96. The molecule has 6 N–H and O–H groups in total. The first-order valence-electron chi connectivity index (χ1n) is 20.4. The van der Waals surface area contributed by atoms with Crippen LogP contribution in [0.4, 0.5) is 4.79 Å². The molecule has 3 aliphatic heterocycles. The van der Waals surface area contributed by atoms with Crippen LogP contribution in [0.3, 0.4) is 0 Å². The number of H-pyrrole nitrogens is 1. The topological polar surface area (TPSA) is 168 Å². The van der Waals surface area contributed by atoms with Crippen molar-refractivity contribution in [1.29, 1.82) is 0 Å². The monoisotopic (exact) mass is 774 g/mol. The number of hydrogen-bond donors (Lipinski definition) is 6. The molecule has 0 spiro atoms. The molecule has 3 fully saturated rings. The molecule has 7 rings (SSSR count). The van der Waals surface area contributed by atoms with Crippen LogP contribution in [-0.2, 0) is 38.4 Å². The van der Waals surface area contributed by atoms with E-state index in [0.717, 1.165) is 53.5 Å². The Labute approximate surface area is 333 Å². The van der Waals surface area contributed by atoms with Crippen molar-refractivity contribution < 1.29 is 24.0 Å². The quantitative estimate of drug-likeness (QED) is 0.161. The predicted octanol–water partition coefficient (Wildman–Crippen LogP) is 3.20. The van der Waals surface area contributed by atoms with Crippen LogP contribution in [0, 0.1) is 0 Å². The molecule has 4 heterocycles. The molecule has 13 nitrogen and oxygen atoms in total. The van der Waals surface area contributed by atoms with Crippen LogP contribution in [0.15, 0.2) is 91.1 Å². The van der Waals surface area contributed by atoms with Crippen LogP contribution in [0.1, 0.15) is 55.2 Å². The molecule has 0 unspecified atom stereocenters. The molecule has 6 amide bonds. The number of rotatable bonds is 8. The summed E-state index contributed by atoms with van der Waals surface area (Å²) in [7, 11) is 0. The highest BCUT2D eigenvalue weighted by atomic mass is 16.2. The molecule has 0 bridgehead atoms. The number of aromatic amines is 1. The summed E-state index contributed by atoms with van der Waals surface area (Å²) in [6.45, 7) is 3.31. The van der Waals surface area contributed by atoms with Gasteiger partial charge in [-0.15, -0.1) is 0 Å². The second kappa shape index (κ2) is 19.0. The van der Waals surface area contributed by atoms with Gasteiger partial charge in [0.15, 0.2) is 0 Å². The predicted molar refractivity (Wildman–Crippen MR) is 218 cm³/mol. The lowest BCUT2D eigenvalue weighted by atomic mass is 10.00. The van der Waals surface area contributed by atoms with Gasteiger partial charge in [-0.05, 0) is 68.0 Å². The van der Waals surface area contributed by atoms with Crippen molar-refractivity contribution in [3.8, 4) is 0 Å². The number of para-hydroxylation sites is 1. The first-order chi connectivity index (χ1) is 27.8. The zero-order valence-electron chi connectivity index (χ0n) is 32.4. The summed E-state index contributed by atoms with van der Waals surface area (Å²) in [5.41, 5.74) is 3.47. The van der Waals surface area contributed by atoms with Gasteiger partial charge in [-0.25, -0.2) is 4.79 Å². The number of nitrogens with zero attached hydrogens (tertiary/aromatic N) is 2. The standard InChI is InChI=1S/C44H54N8O5/c53-40-27-39(50-44(57)52-22-18-34(19-23-52)51-20-10-3-11-21-51)41(54)46-29-33(24-30-12-4-1-5-13-30)47-42(55)37(25-31-14-6-2-7-15-31)49-43(56)38(48-40)26-32-28-45-36-17-9-8-16-35(32)36/h1-2,4-9,12-17,28,33-34,37-39,45H,3,10-11,18-27,29H2,(H,46,54)(H,47,55)(H,48,53)(H,49,56)(H,50,57)/t33-,37+,38+,39-/m1/s1. The summed E-state index contributed by atoms with van der Waals surface area (Å²) in [4.78, 5) is 77.7. The molecule has 3 aromatic carbocycles. The van der Waals surface area contributed by atoms with Crippen LogP contribution in [0.5, 0.6) is 0 Å². The van der Waals surface area contributed by atoms with Crippen molar-refractivity contribution in [2.75, 3.05) is 32.7 Å². The normalized spacial score (nSPS) is 23.5. The third kappa shape index (κ3) is 10.6. The number of amides is 6. The van der Waals surface area contributed by atoms with Crippen molar-refractivity contribution >= 4 is 40.6 Å². The second-order valence-electron chi connectivity index (χ2n) is 15.6. The molecule has 57 heavy (non-hydrogen) atoms. The SMILES string of the molecule is O=C1C[C@@H](NC(=O)N2CCC(N3CCCCC3)CC2)C(=O)NC[C@@H](Cc2ccccc2)NC(=O)[C@H](Cc2ccccc2)NC(=O)[C@H](Cc2c[nH]c3ccccc23)N1. The Morgan fingerprint density at radius 3 is 2.02 bits per heavy atom. The molecule has 3 aliphatic rings. The highest BCUT2D eigenvalue weighted by Gasteiger charge is 2.34. The molecule has 4 atom stereocenters. The molecule has 4 aromatic rings. The van der Waals surface area contributed by atoms with E-state index >= 15 is 0 Å². The van der Waals surface area contributed by atoms with Crippen molar-refractivity contribution in [2.24, 2.45) is 0 Å². The Hall–Kier alpha value is -5.69. The molecule has 0 aliphatic carbocycles. The van der Waals surface area contributed by atoms with Crippen LogP contribution in [0.2, 0.25) is 0 Å². The van der Waals surface area contributed by atoms with Crippen molar-refractivity contribution in [1.82, 2.24) is 41.4 Å². The fourth-order valence-corrected chi connectivity index (χ4v) is 8.39. The smallest absolute Gasteiger partial charge is 0.318 e. The molecular formula is C44H54N8O5. The van der Waals surface area contributed by atoms with Gasteiger partial charge in [0.2, 0.25) is 23.6 Å². The first kappa shape index (κ1) is 39.5. The number of urea groups is 1. The first-order valence-corrected chi connectivity index (χ1v) is 20.4. The Morgan fingerprint density at radius 2 is 1.30 bits per heavy atom. The number of likely N-dealkylation sites (tertiary alicyclic amines) is 2. The fraction of sp³-hybridized carbons (Fsp3) is 0.432. The number of nitrogens with one attached hydrogen (secondary N) is 6. The van der Waals surface area contributed by atoms with Crippen LogP contribution < -0.4 is 26.6 Å². The lowest BCUT2D eigenvalue weighted by Crippen LogP contribution is -2.60. The van der Waals surface area contributed by atoms with Gasteiger partial charge in [0.05, 0.1) is 12.5 Å². The maximum absolute atomic E-state index is 14.3. The molecule has 0 radical (unpaired) electrons. The molecule has 300 valence electrons. The minimum atomic E-state index is -1.23. The minimum absolute atomic E-state index is 0.0316. The van der Waals surface area contributed by atoms with Gasteiger partial charge in [-0.3, -0.25) is 19.2 Å². The largest absolute Gasteiger partial charge is 0.361 e. The van der Waals surface area contributed by atoms with Gasteiger partial charge >= 0.3 is 6.03 Å². The zero-order valence-corrected chi connectivity index (χ0v) is 32.4. The average Bonchev–Trinajstić information content (AvgIpc) is 3.65. The zero-order chi connectivity index (χ0) is 39.6. The van der Waals surface area contributed by atoms with E-state index in [9.17, 15) is 24.0 Å². The number of benzene rings is 3. The van der Waals surface area contributed by atoms with E-state index in [1.165, 1.54) is 19.3 Å². The summed E-state index contributed by atoms with van der Waals surface area (Å²) in [5.74, 6) is -2.09. The van der Waals surface area contributed by atoms with Gasteiger partial charge in [0.1, 0.15) is 18.1 Å². The van der Waals surface area contributed by atoms with Gasteiger partial charge in [0, 0.05) is 55.6 Å². The maximum atomic E-state index is 14.3. The van der Waals surface area contributed by atoms with E-state index in [4.69, 9.17) is 0 Å². The summed E-state index contributed by atoms with van der Waals surface area (Å²) in [6.07, 6.45) is 7.51. The number of piperidine rings is 2.